The van der Waals surface area contributed by atoms with Crippen LogP contribution < -0.4 is 5.32 Å². The van der Waals surface area contributed by atoms with Gasteiger partial charge in [0.15, 0.2) is 0 Å². The van der Waals surface area contributed by atoms with Crippen LogP contribution in [-0.4, -0.2) is 38.1 Å². The monoisotopic (exact) mass is 328 g/mol. The molecule has 3 unspecified atom stereocenters. The lowest BCUT2D eigenvalue weighted by Gasteiger charge is -2.38. The Morgan fingerprint density at radius 2 is 2.00 bits per heavy atom. The number of rotatable bonds is 5. The summed E-state index contributed by atoms with van der Waals surface area (Å²) in [7, 11) is -3.11. The van der Waals surface area contributed by atoms with Gasteiger partial charge in [0.05, 0.1) is 6.26 Å². The summed E-state index contributed by atoms with van der Waals surface area (Å²) in [4.78, 5) is 0. The molecule has 0 bridgehead atoms. The van der Waals surface area contributed by atoms with Crippen LogP contribution in [0.15, 0.2) is 24.3 Å². The predicted octanol–water partition coefficient (Wildman–Crippen LogP) is 2.54. The molecule has 1 aliphatic heterocycles. The number of sulfonamides is 1. The van der Waals surface area contributed by atoms with E-state index < -0.39 is 10.0 Å². The number of halogens is 1. The van der Waals surface area contributed by atoms with Crippen molar-refractivity contribution in [3.8, 4) is 0 Å². The maximum atomic E-state index is 13.0. The Labute approximate surface area is 132 Å². The van der Waals surface area contributed by atoms with Gasteiger partial charge in [-0.3, -0.25) is 0 Å². The highest BCUT2D eigenvalue weighted by molar-refractivity contribution is 7.88. The quantitative estimate of drug-likeness (QED) is 0.904. The molecule has 0 spiro atoms. The van der Waals surface area contributed by atoms with Crippen LogP contribution in [0.5, 0.6) is 0 Å². The van der Waals surface area contributed by atoms with Gasteiger partial charge in [0.1, 0.15) is 5.82 Å². The number of nitrogens with one attached hydrogen (secondary N) is 1. The third-order valence-corrected chi connectivity index (χ3v) is 5.79. The molecule has 6 heteroatoms. The van der Waals surface area contributed by atoms with Crippen LogP contribution in [0.2, 0.25) is 0 Å². The first-order valence-electron chi connectivity index (χ1n) is 7.78. The molecule has 0 amide bonds. The topological polar surface area (TPSA) is 49.4 Å². The van der Waals surface area contributed by atoms with Crippen molar-refractivity contribution in [2.45, 2.75) is 38.8 Å². The van der Waals surface area contributed by atoms with Gasteiger partial charge in [-0.25, -0.2) is 17.1 Å². The van der Waals surface area contributed by atoms with E-state index in [9.17, 15) is 12.8 Å². The third kappa shape index (κ3) is 4.27. The second-order valence-corrected chi connectivity index (χ2v) is 8.11. The van der Waals surface area contributed by atoms with Gasteiger partial charge in [0.25, 0.3) is 0 Å². The molecule has 1 aromatic rings. The lowest BCUT2D eigenvalue weighted by molar-refractivity contribution is 0.193. The van der Waals surface area contributed by atoms with E-state index in [0.717, 1.165) is 18.4 Å². The van der Waals surface area contributed by atoms with Crippen LogP contribution in [0.4, 0.5) is 4.39 Å². The molecular weight excluding hydrogens is 303 g/mol. The number of hydrogen-bond acceptors (Lipinski definition) is 3. The standard InChI is InChI=1S/C16H25FN2O2S/c1-4-13-11-19(22(3,20)21)10-9-16(13)18-12(2)14-5-7-15(17)8-6-14/h5-8,12-13,16,18H,4,9-11H2,1-3H3. The van der Waals surface area contributed by atoms with Crippen LogP contribution in [-0.2, 0) is 10.0 Å². The molecule has 3 atom stereocenters. The lowest BCUT2D eigenvalue weighted by atomic mass is 9.90. The number of nitrogens with zero attached hydrogens (tertiary/aromatic N) is 1. The summed E-state index contributed by atoms with van der Waals surface area (Å²) >= 11 is 0. The first-order valence-corrected chi connectivity index (χ1v) is 9.62. The first kappa shape index (κ1) is 17.4. The van der Waals surface area contributed by atoms with Gasteiger partial charge >= 0.3 is 0 Å². The van der Waals surface area contributed by atoms with Crippen LogP contribution in [0.25, 0.3) is 0 Å². The number of hydrogen-bond donors (Lipinski definition) is 1. The van der Waals surface area contributed by atoms with E-state index in [1.165, 1.54) is 18.4 Å². The molecule has 0 aromatic heterocycles. The van der Waals surface area contributed by atoms with Crippen LogP contribution in [0.1, 0.15) is 38.3 Å². The molecular formula is C16H25FN2O2S. The highest BCUT2D eigenvalue weighted by atomic mass is 32.2. The summed E-state index contributed by atoms with van der Waals surface area (Å²) in [6.07, 6.45) is 3.01. The van der Waals surface area contributed by atoms with Crippen molar-refractivity contribution in [1.29, 1.82) is 0 Å². The predicted molar refractivity (Wildman–Crippen MR) is 86.6 cm³/mol. The van der Waals surface area contributed by atoms with Gasteiger partial charge in [0, 0.05) is 25.2 Å². The van der Waals surface area contributed by atoms with Crippen molar-refractivity contribution in [3.05, 3.63) is 35.6 Å². The zero-order valence-corrected chi connectivity index (χ0v) is 14.2. The Bertz CT molecular complexity index is 589. The molecule has 22 heavy (non-hydrogen) atoms. The van der Waals surface area contributed by atoms with Gasteiger partial charge in [-0.2, -0.15) is 0 Å². The lowest BCUT2D eigenvalue weighted by Crippen LogP contribution is -2.51. The van der Waals surface area contributed by atoms with Gasteiger partial charge in [-0.1, -0.05) is 25.5 Å². The Morgan fingerprint density at radius 3 is 2.55 bits per heavy atom. The largest absolute Gasteiger partial charge is 0.307 e. The smallest absolute Gasteiger partial charge is 0.211 e. The molecule has 1 aromatic carbocycles. The van der Waals surface area contributed by atoms with Crippen molar-refractivity contribution in [3.63, 3.8) is 0 Å². The third-order valence-electron chi connectivity index (χ3n) is 4.52. The van der Waals surface area contributed by atoms with E-state index in [1.54, 1.807) is 16.4 Å². The maximum absolute atomic E-state index is 13.0. The Kier molecular flexibility index (Phi) is 5.58. The molecule has 1 fully saturated rings. The fourth-order valence-electron chi connectivity index (χ4n) is 3.10. The zero-order valence-electron chi connectivity index (χ0n) is 13.4. The second kappa shape index (κ2) is 7.06. The van der Waals surface area contributed by atoms with Crippen LogP contribution in [0.3, 0.4) is 0 Å². The summed E-state index contributed by atoms with van der Waals surface area (Å²) in [5.74, 6) is 0.0650. The molecule has 1 N–H and O–H groups in total. The van der Waals surface area contributed by atoms with E-state index in [4.69, 9.17) is 0 Å². The SMILES string of the molecule is CCC1CN(S(C)(=O)=O)CCC1NC(C)c1ccc(F)cc1. The molecule has 0 radical (unpaired) electrons. The van der Waals surface area contributed by atoms with Gasteiger partial charge < -0.3 is 5.32 Å². The second-order valence-electron chi connectivity index (χ2n) is 6.12. The van der Waals surface area contributed by atoms with E-state index in [2.05, 4.69) is 19.2 Å². The van der Waals surface area contributed by atoms with Gasteiger partial charge in [-0.05, 0) is 37.0 Å². The van der Waals surface area contributed by atoms with Crippen LogP contribution in [0, 0.1) is 11.7 Å². The minimum atomic E-state index is -3.11. The summed E-state index contributed by atoms with van der Waals surface area (Å²) in [5, 5.41) is 3.58. The summed E-state index contributed by atoms with van der Waals surface area (Å²) in [5.41, 5.74) is 1.04. The highest BCUT2D eigenvalue weighted by Gasteiger charge is 2.32. The van der Waals surface area contributed by atoms with Crippen molar-refractivity contribution in [1.82, 2.24) is 9.62 Å². The van der Waals surface area contributed by atoms with Crippen molar-refractivity contribution in [2.75, 3.05) is 19.3 Å². The Balaban J connectivity index is 2.01. The Morgan fingerprint density at radius 1 is 1.36 bits per heavy atom. The van der Waals surface area contributed by atoms with E-state index >= 15 is 0 Å². The number of piperidine rings is 1. The maximum Gasteiger partial charge on any atom is 0.211 e. The average Bonchev–Trinajstić information content (AvgIpc) is 2.47. The Hall–Kier alpha value is -0.980. The van der Waals surface area contributed by atoms with Crippen molar-refractivity contribution >= 4 is 10.0 Å². The molecule has 0 saturated carbocycles. The number of benzene rings is 1. The van der Waals surface area contributed by atoms with Crippen molar-refractivity contribution in [2.24, 2.45) is 5.92 Å². The van der Waals surface area contributed by atoms with Gasteiger partial charge in [-0.15, -0.1) is 0 Å². The normalized spacial score (nSPS) is 25.1. The molecule has 1 aliphatic rings. The summed E-state index contributed by atoms with van der Waals surface area (Å²) < 4.78 is 38.0. The average molecular weight is 328 g/mol. The van der Waals surface area contributed by atoms with E-state index in [0.29, 0.717) is 19.0 Å². The molecule has 4 nitrogen and oxygen atoms in total. The first-order chi connectivity index (χ1) is 10.3. The fraction of sp³-hybridized carbons (Fsp3) is 0.625. The summed E-state index contributed by atoms with van der Waals surface area (Å²) in [6, 6.07) is 6.92. The van der Waals surface area contributed by atoms with E-state index in [-0.39, 0.29) is 17.9 Å². The molecule has 1 heterocycles. The minimum absolute atomic E-state index is 0.115. The molecule has 0 aliphatic carbocycles. The molecule has 124 valence electrons. The molecule has 2 rings (SSSR count). The fourth-order valence-corrected chi connectivity index (χ4v) is 4.00. The minimum Gasteiger partial charge on any atom is -0.307 e. The summed E-state index contributed by atoms with van der Waals surface area (Å²) in [6.45, 7) is 5.28. The molecule has 1 saturated heterocycles. The van der Waals surface area contributed by atoms with Gasteiger partial charge in [0.2, 0.25) is 10.0 Å². The van der Waals surface area contributed by atoms with Crippen molar-refractivity contribution < 1.29 is 12.8 Å². The zero-order chi connectivity index (χ0) is 16.3. The van der Waals surface area contributed by atoms with Crippen LogP contribution >= 0.6 is 0 Å². The highest BCUT2D eigenvalue weighted by Crippen LogP contribution is 2.25. The van der Waals surface area contributed by atoms with E-state index in [1.807, 2.05) is 0 Å².